The van der Waals surface area contributed by atoms with E-state index in [0.717, 1.165) is 15.9 Å². The summed E-state index contributed by atoms with van der Waals surface area (Å²) in [6.07, 6.45) is 0. The van der Waals surface area contributed by atoms with Crippen molar-refractivity contribution in [1.29, 1.82) is 0 Å². The minimum Gasteiger partial charge on any atom is -0.0876 e. The molecule has 0 radical (unpaired) electrons. The van der Waals surface area contributed by atoms with Crippen LogP contribution in [0.5, 0.6) is 0 Å². The minimum atomic E-state index is 0.826. The van der Waals surface area contributed by atoms with Crippen LogP contribution >= 0.6 is 27.5 Å². The third-order valence-corrected chi connectivity index (χ3v) is 2.07. The van der Waals surface area contributed by atoms with E-state index < -0.39 is 0 Å². The van der Waals surface area contributed by atoms with E-state index in [2.05, 4.69) is 15.9 Å². The van der Waals surface area contributed by atoms with Crippen molar-refractivity contribution in [1.82, 2.24) is 0 Å². The zero-order valence-corrected chi connectivity index (χ0v) is 9.11. The van der Waals surface area contributed by atoms with E-state index in [4.69, 9.17) is 11.6 Å². The van der Waals surface area contributed by atoms with Crippen molar-refractivity contribution in [3.8, 4) is 0 Å². The molecule has 0 aliphatic carbocycles. The highest BCUT2D eigenvalue weighted by Crippen LogP contribution is 2.16. The first-order valence-corrected chi connectivity index (χ1v) is 5.14. The summed E-state index contributed by atoms with van der Waals surface area (Å²) in [5, 5.41) is 1.65. The van der Waals surface area contributed by atoms with Gasteiger partial charge < -0.3 is 0 Å². The minimum absolute atomic E-state index is 0.826. The highest BCUT2D eigenvalue weighted by Gasteiger charge is 1.92. The molecule has 0 saturated carbocycles. The summed E-state index contributed by atoms with van der Waals surface area (Å²) in [6, 6.07) is 7.78. The molecule has 0 N–H and O–H groups in total. The van der Waals surface area contributed by atoms with Crippen molar-refractivity contribution < 1.29 is 0 Å². The molecule has 0 amide bonds. The standard InChI is InChI=1S/C7H6BrCl.C2H6/c8-5-6-3-1-2-4-7(6)9;1-2/h1-4H,5H2;1-2H3. The number of rotatable bonds is 1. The average Bonchev–Trinajstić information content (AvgIpc) is 2.09. The molecule has 2 heteroatoms. The lowest BCUT2D eigenvalue weighted by molar-refractivity contribution is 1.44. The van der Waals surface area contributed by atoms with Gasteiger partial charge in [-0.1, -0.05) is 59.6 Å². The molecule has 1 aromatic carbocycles. The van der Waals surface area contributed by atoms with Gasteiger partial charge >= 0.3 is 0 Å². The summed E-state index contributed by atoms with van der Waals surface area (Å²) in [5.41, 5.74) is 1.14. The third-order valence-electron chi connectivity index (χ3n) is 1.10. The van der Waals surface area contributed by atoms with Crippen LogP contribution in [-0.4, -0.2) is 0 Å². The fraction of sp³-hybridized carbons (Fsp3) is 0.333. The summed E-state index contributed by atoms with van der Waals surface area (Å²) >= 11 is 9.12. The number of hydrogen-bond acceptors (Lipinski definition) is 0. The molecule has 0 spiro atoms. The van der Waals surface area contributed by atoms with Gasteiger partial charge in [0.1, 0.15) is 0 Å². The Bertz CT molecular complexity index is 199. The Morgan fingerprint density at radius 3 is 2.18 bits per heavy atom. The summed E-state index contributed by atoms with van der Waals surface area (Å²) < 4.78 is 0. The van der Waals surface area contributed by atoms with Crippen LogP contribution in [0.15, 0.2) is 24.3 Å². The van der Waals surface area contributed by atoms with Gasteiger partial charge in [-0.25, -0.2) is 0 Å². The van der Waals surface area contributed by atoms with Gasteiger partial charge in [-0.15, -0.1) is 0 Å². The average molecular weight is 236 g/mol. The zero-order chi connectivity index (χ0) is 8.69. The SMILES string of the molecule is CC.Clc1ccccc1CBr. The Hall–Kier alpha value is -0.0100. The Kier molecular flexibility index (Phi) is 6.68. The van der Waals surface area contributed by atoms with Crippen LogP contribution in [0.1, 0.15) is 19.4 Å². The van der Waals surface area contributed by atoms with Crippen molar-refractivity contribution in [2.45, 2.75) is 19.2 Å². The van der Waals surface area contributed by atoms with Gasteiger partial charge in [-0.3, -0.25) is 0 Å². The molecule has 0 atom stereocenters. The van der Waals surface area contributed by atoms with Crippen molar-refractivity contribution in [3.05, 3.63) is 34.9 Å². The molecule has 0 aromatic heterocycles. The zero-order valence-electron chi connectivity index (χ0n) is 6.77. The summed E-state index contributed by atoms with van der Waals surface area (Å²) in [7, 11) is 0. The van der Waals surface area contributed by atoms with Gasteiger partial charge in [-0.2, -0.15) is 0 Å². The van der Waals surface area contributed by atoms with Crippen molar-refractivity contribution >= 4 is 27.5 Å². The molecule has 0 aliphatic heterocycles. The van der Waals surface area contributed by atoms with Crippen LogP contribution in [0.2, 0.25) is 5.02 Å². The van der Waals surface area contributed by atoms with E-state index in [1.54, 1.807) is 0 Å². The molecule has 11 heavy (non-hydrogen) atoms. The maximum atomic E-state index is 5.79. The molecule has 0 aliphatic rings. The van der Waals surface area contributed by atoms with Crippen LogP contribution in [0.3, 0.4) is 0 Å². The van der Waals surface area contributed by atoms with Crippen LogP contribution in [0, 0.1) is 0 Å². The van der Waals surface area contributed by atoms with Gasteiger partial charge in [0.05, 0.1) is 0 Å². The quantitative estimate of drug-likeness (QED) is 0.638. The lowest BCUT2D eigenvalue weighted by Crippen LogP contribution is -1.75. The second-order valence-electron chi connectivity index (χ2n) is 1.73. The molecule has 62 valence electrons. The summed E-state index contributed by atoms with van der Waals surface area (Å²) in [4.78, 5) is 0. The lowest BCUT2D eigenvalue weighted by Gasteiger charge is -1.95. The van der Waals surface area contributed by atoms with Gasteiger partial charge in [0.15, 0.2) is 0 Å². The second kappa shape index (κ2) is 6.68. The summed E-state index contributed by atoms with van der Waals surface area (Å²) in [6.45, 7) is 4.00. The fourth-order valence-electron chi connectivity index (χ4n) is 0.607. The topological polar surface area (TPSA) is 0 Å². The van der Waals surface area contributed by atoms with Crippen molar-refractivity contribution in [2.24, 2.45) is 0 Å². The normalized spacial score (nSPS) is 8.36. The summed E-state index contributed by atoms with van der Waals surface area (Å²) in [5.74, 6) is 0. The smallest absolute Gasteiger partial charge is 0.0446 e. The van der Waals surface area contributed by atoms with Crippen LogP contribution < -0.4 is 0 Å². The molecular formula is C9H12BrCl. The van der Waals surface area contributed by atoms with E-state index in [1.807, 2.05) is 38.1 Å². The number of halogens is 2. The maximum absolute atomic E-state index is 5.79. The third kappa shape index (κ3) is 3.78. The molecule has 0 unspecified atom stereocenters. The maximum Gasteiger partial charge on any atom is 0.0446 e. The predicted molar refractivity (Wildman–Crippen MR) is 55.4 cm³/mol. The fourth-order valence-corrected chi connectivity index (χ4v) is 1.46. The Morgan fingerprint density at radius 2 is 1.82 bits per heavy atom. The molecule has 0 saturated heterocycles. The van der Waals surface area contributed by atoms with Crippen LogP contribution in [0.25, 0.3) is 0 Å². The number of alkyl halides is 1. The van der Waals surface area contributed by atoms with Crippen molar-refractivity contribution in [2.75, 3.05) is 0 Å². The van der Waals surface area contributed by atoms with Gasteiger partial charge in [0.2, 0.25) is 0 Å². The first kappa shape index (κ1) is 11.0. The molecule has 1 aromatic rings. The molecule has 0 fully saturated rings. The first-order valence-electron chi connectivity index (χ1n) is 3.64. The first-order chi connectivity index (χ1) is 5.34. The Labute approximate surface area is 81.7 Å². The predicted octanol–water partition coefficient (Wildman–Crippen LogP) is 4.26. The van der Waals surface area contributed by atoms with E-state index in [0.29, 0.717) is 0 Å². The molecular weight excluding hydrogens is 223 g/mol. The number of benzene rings is 1. The van der Waals surface area contributed by atoms with E-state index >= 15 is 0 Å². The van der Waals surface area contributed by atoms with Crippen molar-refractivity contribution in [3.63, 3.8) is 0 Å². The van der Waals surface area contributed by atoms with Gasteiger partial charge in [0.25, 0.3) is 0 Å². The Morgan fingerprint density at radius 1 is 1.27 bits per heavy atom. The Balaban J connectivity index is 0.000000461. The lowest BCUT2D eigenvalue weighted by atomic mass is 10.2. The highest BCUT2D eigenvalue weighted by atomic mass is 79.9. The highest BCUT2D eigenvalue weighted by molar-refractivity contribution is 9.08. The molecule has 0 heterocycles. The van der Waals surface area contributed by atoms with Crippen LogP contribution in [-0.2, 0) is 5.33 Å². The van der Waals surface area contributed by atoms with E-state index in [-0.39, 0.29) is 0 Å². The van der Waals surface area contributed by atoms with E-state index in [1.165, 1.54) is 0 Å². The largest absolute Gasteiger partial charge is 0.0876 e. The van der Waals surface area contributed by atoms with Gasteiger partial charge in [-0.05, 0) is 11.6 Å². The molecule has 0 bridgehead atoms. The molecule has 0 nitrogen and oxygen atoms in total. The van der Waals surface area contributed by atoms with E-state index in [9.17, 15) is 0 Å². The van der Waals surface area contributed by atoms with Crippen LogP contribution in [0.4, 0.5) is 0 Å². The molecule has 1 rings (SSSR count). The second-order valence-corrected chi connectivity index (χ2v) is 2.69. The monoisotopic (exact) mass is 234 g/mol. The number of hydrogen-bond donors (Lipinski definition) is 0. The van der Waals surface area contributed by atoms with Gasteiger partial charge in [0, 0.05) is 10.4 Å².